The molecule has 2 N–H and O–H groups in total. The zero-order chi connectivity index (χ0) is 13.7. The van der Waals surface area contributed by atoms with E-state index in [2.05, 4.69) is 10.3 Å². The van der Waals surface area contributed by atoms with Gasteiger partial charge in [-0.25, -0.2) is 4.98 Å². The van der Waals surface area contributed by atoms with E-state index in [0.29, 0.717) is 23.7 Å². The summed E-state index contributed by atoms with van der Waals surface area (Å²) in [7, 11) is 1.61. The van der Waals surface area contributed by atoms with Crippen LogP contribution in [0.4, 0.5) is 11.5 Å². The quantitative estimate of drug-likeness (QED) is 0.802. The van der Waals surface area contributed by atoms with Gasteiger partial charge in [0.15, 0.2) is 0 Å². The van der Waals surface area contributed by atoms with Gasteiger partial charge < -0.3 is 15.5 Å². The van der Waals surface area contributed by atoms with E-state index in [9.17, 15) is 0 Å². The standard InChI is InChI=1S/C15H17N3O/c1-3-12(16)14-13(19-2)9-10-17-15(14)18-11-7-5-4-6-8-11/h4-10,16H,3H2,1-2H3,(H,17,18). The number of para-hydroxylation sites is 1. The minimum absolute atomic E-state index is 0.503. The average molecular weight is 255 g/mol. The van der Waals surface area contributed by atoms with Gasteiger partial charge in [0.25, 0.3) is 0 Å². The van der Waals surface area contributed by atoms with Gasteiger partial charge in [0.1, 0.15) is 11.6 Å². The third-order valence-electron chi connectivity index (χ3n) is 2.82. The number of pyridine rings is 1. The Kier molecular flexibility index (Phi) is 4.13. The number of anilines is 2. The molecule has 2 aromatic rings. The van der Waals surface area contributed by atoms with Crippen LogP contribution in [0.3, 0.4) is 0 Å². The van der Waals surface area contributed by atoms with Crippen LogP contribution in [0.2, 0.25) is 0 Å². The second-order valence-electron chi connectivity index (χ2n) is 4.06. The minimum Gasteiger partial charge on any atom is -0.496 e. The molecule has 1 aromatic heterocycles. The maximum atomic E-state index is 8.07. The number of hydrogen-bond donors (Lipinski definition) is 2. The molecule has 0 aliphatic carbocycles. The van der Waals surface area contributed by atoms with E-state index in [0.717, 1.165) is 11.3 Å². The van der Waals surface area contributed by atoms with Crippen LogP contribution < -0.4 is 10.1 Å². The Morgan fingerprint density at radius 1 is 1.26 bits per heavy atom. The molecule has 0 atom stereocenters. The number of benzene rings is 1. The van der Waals surface area contributed by atoms with Crippen molar-refractivity contribution in [1.29, 1.82) is 5.41 Å². The SMILES string of the molecule is CCC(=N)c1c(OC)ccnc1Nc1ccccc1. The van der Waals surface area contributed by atoms with Crippen molar-refractivity contribution in [2.24, 2.45) is 0 Å². The highest BCUT2D eigenvalue weighted by Crippen LogP contribution is 2.27. The predicted octanol–water partition coefficient (Wildman–Crippen LogP) is 3.61. The Morgan fingerprint density at radius 2 is 2.00 bits per heavy atom. The molecule has 19 heavy (non-hydrogen) atoms. The summed E-state index contributed by atoms with van der Waals surface area (Å²) < 4.78 is 5.33. The topological polar surface area (TPSA) is 58.0 Å². The molecule has 0 aliphatic heterocycles. The van der Waals surface area contributed by atoms with Gasteiger partial charge in [0.05, 0.1) is 12.7 Å². The lowest BCUT2D eigenvalue weighted by molar-refractivity contribution is 0.413. The molecule has 98 valence electrons. The maximum Gasteiger partial charge on any atom is 0.143 e. The number of nitrogens with one attached hydrogen (secondary N) is 2. The molecular formula is C15H17N3O. The van der Waals surface area contributed by atoms with Gasteiger partial charge in [0.2, 0.25) is 0 Å². The Bertz CT molecular complexity index is 567. The van der Waals surface area contributed by atoms with Crippen molar-refractivity contribution in [1.82, 2.24) is 4.98 Å². The first-order valence-electron chi connectivity index (χ1n) is 6.19. The molecule has 0 spiro atoms. The van der Waals surface area contributed by atoms with Crippen molar-refractivity contribution >= 4 is 17.2 Å². The third kappa shape index (κ3) is 2.91. The number of methoxy groups -OCH3 is 1. The Morgan fingerprint density at radius 3 is 2.63 bits per heavy atom. The number of rotatable bonds is 5. The van der Waals surface area contributed by atoms with Gasteiger partial charge >= 0.3 is 0 Å². The predicted molar refractivity (Wildman–Crippen MR) is 77.6 cm³/mol. The smallest absolute Gasteiger partial charge is 0.143 e. The van der Waals surface area contributed by atoms with Gasteiger partial charge in [-0.2, -0.15) is 0 Å². The van der Waals surface area contributed by atoms with Crippen LogP contribution in [-0.4, -0.2) is 17.8 Å². The summed E-state index contributed by atoms with van der Waals surface area (Å²) in [6, 6.07) is 11.6. The summed E-state index contributed by atoms with van der Waals surface area (Å²) >= 11 is 0. The van der Waals surface area contributed by atoms with Crippen LogP contribution in [0.1, 0.15) is 18.9 Å². The number of hydrogen-bond acceptors (Lipinski definition) is 4. The largest absolute Gasteiger partial charge is 0.496 e. The highest BCUT2D eigenvalue weighted by molar-refractivity contribution is 6.05. The average Bonchev–Trinajstić information content (AvgIpc) is 2.47. The van der Waals surface area contributed by atoms with Crippen LogP contribution >= 0.6 is 0 Å². The Hall–Kier alpha value is -2.36. The lowest BCUT2D eigenvalue weighted by atomic mass is 10.1. The molecule has 0 amide bonds. The van der Waals surface area contributed by atoms with Crippen molar-refractivity contribution in [3.05, 3.63) is 48.2 Å². The molecule has 4 nitrogen and oxygen atoms in total. The van der Waals surface area contributed by atoms with Crippen molar-refractivity contribution in [3.63, 3.8) is 0 Å². The summed E-state index contributed by atoms with van der Waals surface area (Å²) in [5.41, 5.74) is 2.16. The summed E-state index contributed by atoms with van der Waals surface area (Å²) in [4.78, 5) is 4.32. The molecule has 0 unspecified atom stereocenters. The normalized spacial score (nSPS) is 10.0. The maximum absolute atomic E-state index is 8.07. The zero-order valence-electron chi connectivity index (χ0n) is 11.1. The van der Waals surface area contributed by atoms with Gasteiger partial charge in [0, 0.05) is 17.6 Å². The minimum atomic E-state index is 0.503. The van der Waals surface area contributed by atoms with Gasteiger partial charge in [-0.1, -0.05) is 25.1 Å². The highest BCUT2D eigenvalue weighted by Gasteiger charge is 2.14. The van der Waals surface area contributed by atoms with Gasteiger partial charge in [-0.05, 0) is 24.6 Å². The van der Waals surface area contributed by atoms with Crippen LogP contribution in [0.25, 0.3) is 0 Å². The molecule has 0 saturated heterocycles. The van der Waals surface area contributed by atoms with E-state index < -0.39 is 0 Å². The molecule has 0 radical (unpaired) electrons. The first-order chi connectivity index (χ1) is 9.26. The van der Waals surface area contributed by atoms with E-state index in [1.165, 1.54) is 0 Å². The number of aromatic nitrogens is 1. The van der Waals surface area contributed by atoms with Crippen molar-refractivity contribution in [3.8, 4) is 5.75 Å². The lowest BCUT2D eigenvalue weighted by Crippen LogP contribution is -2.07. The van der Waals surface area contributed by atoms with E-state index in [1.54, 1.807) is 19.4 Å². The number of nitrogens with zero attached hydrogens (tertiary/aromatic N) is 1. The van der Waals surface area contributed by atoms with E-state index in [4.69, 9.17) is 10.1 Å². The second-order valence-corrected chi connectivity index (χ2v) is 4.06. The van der Waals surface area contributed by atoms with E-state index in [-0.39, 0.29) is 0 Å². The van der Waals surface area contributed by atoms with Crippen LogP contribution in [0, 0.1) is 5.41 Å². The fraction of sp³-hybridized carbons (Fsp3) is 0.200. The van der Waals surface area contributed by atoms with Crippen molar-refractivity contribution in [2.75, 3.05) is 12.4 Å². The third-order valence-corrected chi connectivity index (χ3v) is 2.82. The summed E-state index contributed by atoms with van der Waals surface area (Å²) in [6.45, 7) is 1.95. The first-order valence-corrected chi connectivity index (χ1v) is 6.19. The van der Waals surface area contributed by atoms with Crippen LogP contribution in [0.5, 0.6) is 5.75 Å². The van der Waals surface area contributed by atoms with E-state index >= 15 is 0 Å². The molecule has 1 aromatic carbocycles. The fourth-order valence-corrected chi connectivity index (χ4v) is 1.84. The molecule has 4 heteroatoms. The van der Waals surface area contributed by atoms with Gasteiger partial charge in [-0.3, -0.25) is 0 Å². The Balaban J connectivity index is 2.42. The molecular weight excluding hydrogens is 238 g/mol. The summed E-state index contributed by atoms with van der Waals surface area (Å²) in [5.74, 6) is 1.32. The zero-order valence-corrected chi connectivity index (χ0v) is 11.1. The summed E-state index contributed by atoms with van der Waals surface area (Å²) in [5, 5.41) is 11.3. The molecule has 1 heterocycles. The van der Waals surface area contributed by atoms with Crippen LogP contribution in [0.15, 0.2) is 42.6 Å². The van der Waals surface area contributed by atoms with Crippen LogP contribution in [-0.2, 0) is 0 Å². The number of ether oxygens (including phenoxy) is 1. The molecule has 0 aliphatic rings. The van der Waals surface area contributed by atoms with E-state index in [1.807, 2.05) is 37.3 Å². The van der Waals surface area contributed by atoms with Crippen molar-refractivity contribution in [2.45, 2.75) is 13.3 Å². The lowest BCUT2D eigenvalue weighted by Gasteiger charge is -2.14. The molecule has 2 rings (SSSR count). The Labute approximate surface area is 113 Å². The first kappa shape index (κ1) is 13.1. The monoisotopic (exact) mass is 255 g/mol. The molecule has 0 bridgehead atoms. The summed E-state index contributed by atoms with van der Waals surface area (Å²) in [6.07, 6.45) is 2.31. The second kappa shape index (κ2) is 6.00. The molecule has 0 fully saturated rings. The highest BCUT2D eigenvalue weighted by atomic mass is 16.5. The van der Waals surface area contributed by atoms with Crippen molar-refractivity contribution < 1.29 is 4.74 Å². The molecule has 0 saturated carbocycles. The fourth-order valence-electron chi connectivity index (χ4n) is 1.84. The van der Waals surface area contributed by atoms with Gasteiger partial charge in [-0.15, -0.1) is 0 Å².